The first-order valence-corrected chi connectivity index (χ1v) is 8.89. The van der Waals surface area contributed by atoms with Gasteiger partial charge in [-0.25, -0.2) is 4.79 Å². The third-order valence-corrected chi connectivity index (χ3v) is 5.60. The lowest BCUT2D eigenvalue weighted by Crippen LogP contribution is -2.50. The largest absolute Gasteiger partial charge is 0.494 e. The first-order chi connectivity index (χ1) is 11.7. The molecular formula is C18H28BN3O3. The highest BCUT2D eigenvalue weighted by atomic mass is 16.7. The molecule has 0 atom stereocenters. The van der Waals surface area contributed by atoms with Crippen molar-refractivity contribution >= 4 is 18.6 Å². The minimum absolute atomic E-state index is 0.321. The Hall–Kier alpha value is -1.57. The van der Waals surface area contributed by atoms with E-state index < -0.39 is 0 Å². The van der Waals surface area contributed by atoms with Gasteiger partial charge in [-0.15, -0.1) is 0 Å². The zero-order valence-electron chi connectivity index (χ0n) is 15.6. The summed E-state index contributed by atoms with van der Waals surface area (Å²) < 4.78 is 12.2. The Labute approximate surface area is 150 Å². The fourth-order valence-corrected chi connectivity index (χ4v) is 3.14. The number of piperazine rings is 1. The molecule has 3 rings (SSSR count). The molecule has 2 saturated heterocycles. The number of hydrogen-bond donors (Lipinski definition) is 1. The third kappa shape index (κ3) is 3.83. The Kier molecular flexibility index (Phi) is 4.83. The van der Waals surface area contributed by atoms with Crippen molar-refractivity contribution in [1.29, 1.82) is 0 Å². The third-order valence-electron chi connectivity index (χ3n) is 5.60. The number of benzene rings is 1. The minimum atomic E-state index is -0.327. The van der Waals surface area contributed by atoms with Crippen LogP contribution in [0.25, 0.3) is 0 Å². The van der Waals surface area contributed by atoms with Crippen LogP contribution in [0, 0.1) is 0 Å². The number of rotatable bonds is 3. The first kappa shape index (κ1) is 18.2. The second-order valence-corrected chi connectivity index (χ2v) is 7.93. The van der Waals surface area contributed by atoms with E-state index in [1.807, 2.05) is 0 Å². The standard InChI is InChI=1S/C18H28BN3O3/c1-17(2)18(3,4)25-19(24-17)15-7-5-14(6-8-15)13-21-9-11-22(12-10-21)16(20)23/h5-8H,9-13H2,1-4H3,(H2,20,23). The number of nitrogens with zero attached hydrogens (tertiary/aromatic N) is 2. The van der Waals surface area contributed by atoms with E-state index in [2.05, 4.69) is 56.9 Å². The molecule has 2 heterocycles. The van der Waals surface area contributed by atoms with E-state index in [4.69, 9.17) is 15.0 Å². The molecule has 1 aromatic rings. The number of amides is 2. The van der Waals surface area contributed by atoms with Gasteiger partial charge in [-0.3, -0.25) is 4.90 Å². The van der Waals surface area contributed by atoms with E-state index in [1.54, 1.807) is 4.90 Å². The topological polar surface area (TPSA) is 68.0 Å². The number of urea groups is 1. The molecule has 2 amide bonds. The molecule has 0 aromatic heterocycles. The van der Waals surface area contributed by atoms with Crippen LogP contribution in [0.4, 0.5) is 4.79 Å². The summed E-state index contributed by atoms with van der Waals surface area (Å²) in [5, 5.41) is 0. The zero-order valence-corrected chi connectivity index (χ0v) is 15.6. The maximum Gasteiger partial charge on any atom is 0.494 e. The summed E-state index contributed by atoms with van der Waals surface area (Å²) in [6.07, 6.45) is 0. The van der Waals surface area contributed by atoms with E-state index in [1.165, 1.54) is 5.56 Å². The summed E-state index contributed by atoms with van der Waals surface area (Å²) in [5.74, 6) is 0. The van der Waals surface area contributed by atoms with Crippen molar-refractivity contribution < 1.29 is 14.1 Å². The quantitative estimate of drug-likeness (QED) is 0.836. The molecule has 0 saturated carbocycles. The van der Waals surface area contributed by atoms with Crippen molar-refractivity contribution in [3.8, 4) is 0 Å². The molecule has 136 valence electrons. The molecule has 2 aliphatic rings. The summed E-state index contributed by atoms with van der Waals surface area (Å²) in [6, 6.07) is 8.09. The summed E-state index contributed by atoms with van der Waals surface area (Å²) in [6.45, 7) is 12.2. The smallest absolute Gasteiger partial charge is 0.399 e. The second kappa shape index (κ2) is 6.63. The molecule has 0 radical (unpaired) electrons. The molecule has 1 aromatic carbocycles. The van der Waals surface area contributed by atoms with Gasteiger partial charge in [0, 0.05) is 32.7 Å². The van der Waals surface area contributed by atoms with Gasteiger partial charge >= 0.3 is 13.1 Å². The van der Waals surface area contributed by atoms with Gasteiger partial charge in [0.25, 0.3) is 0 Å². The molecule has 2 N–H and O–H groups in total. The van der Waals surface area contributed by atoms with Crippen molar-refractivity contribution in [2.75, 3.05) is 26.2 Å². The van der Waals surface area contributed by atoms with Gasteiger partial charge in [0.05, 0.1) is 11.2 Å². The predicted molar refractivity (Wildman–Crippen MR) is 98.6 cm³/mol. The molecule has 0 bridgehead atoms. The first-order valence-electron chi connectivity index (χ1n) is 8.89. The lowest BCUT2D eigenvalue weighted by atomic mass is 9.79. The molecule has 0 aliphatic carbocycles. The van der Waals surface area contributed by atoms with Crippen molar-refractivity contribution in [3.05, 3.63) is 29.8 Å². The van der Waals surface area contributed by atoms with E-state index in [0.29, 0.717) is 13.1 Å². The Morgan fingerprint density at radius 3 is 2.04 bits per heavy atom. The fraction of sp³-hybridized carbons (Fsp3) is 0.611. The Balaban J connectivity index is 1.58. The van der Waals surface area contributed by atoms with Crippen LogP contribution in [0.15, 0.2) is 24.3 Å². The Morgan fingerprint density at radius 1 is 1.04 bits per heavy atom. The van der Waals surface area contributed by atoms with E-state index in [-0.39, 0.29) is 24.4 Å². The highest BCUT2D eigenvalue weighted by Crippen LogP contribution is 2.36. The average Bonchev–Trinajstić information content (AvgIpc) is 2.76. The van der Waals surface area contributed by atoms with Crippen molar-refractivity contribution in [2.45, 2.75) is 45.4 Å². The van der Waals surface area contributed by atoms with Crippen LogP contribution in [0.1, 0.15) is 33.3 Å². The summed E-state index contributed by atoms with van der Waals surface area (Å²) in [5.41, 5.74) is 6.96. The highest BCUT2D eigenvalue weighted by Gasteiger charge is 2.51. The Morgan fingerprint density at radius 2 is 1.56 bits per heavy atom. The van der Waals surface area contributed by atoms with Crippen molar-refractivity contribution in [2.24, 2.45) is 5.73 Å². The number of carbonyl (C=O) groups is 1. The van der Waals surface area contributed by atoms with Crippen LogP contribution >= 0.6 is 0 Å². The highest BCUT2D eigenvalue weighted by molar-refractivity contribution is 6.62. The van der Waals surface area contributed by atoms with Crippen molar-refractivity contribution in [1.82, 2.24) is 9.80 Å². The maximum absolute atomic E-state index is 11.2. The van der Waals surface area contributed by atoms with Crippen molar-refractivity contribution in [3.63, 3.8) is 0 Å². The van der Waals surface area contributed by atoms with E-state index in [0.717, 1.165) is 25.1 Å². The van der Waals surface area contributed by atoms with Gasteiger partial charge < -0.3 is 19.9 Å². The molecule has 0 unspecified atom stereocenters. The van der Waals surface area contributed by atoms with Crippen LogP contribution in [0.3, 0.4) is 0 Å². The molecule has 6 nitrogen and oxygen atoms in total. The van der Waals surface area contributed by atoms with Crippen LogP contribution in [0.2, 0.25) is 0 Å². The SMILES string of the molecule is CC1(C)OB(c2ccc(CN3CCN(C(N)=O)CC3)cc2)OC1(C)C. The zero-order chi connectivity index (χ0) is 18.2. The molecule has 0 spiro atoms. The van der Waals surface area contributed by atoms with Crippen LogP contribution < -0.4 is 11.2 Å². The van der Waals surface area contributed by atoms with Gasteiger partial charge in [-0.1, -0.05) is 24.3 Å². The average molecular weight is 345 g/mol. The lowest BCUT2D eigenvalue weighted by Gasteiger charge is -2.33. The molecular weight excluding hydrogens is 317 g/mol. The molecule has 2 fully saturated rings. The Bertz CT molecular complexity index is 609. The predicted octanol–water partition coefficient (Wildman–Crippen LogP) is 1.18. The van der Waals surface area contributed by atoms with Gasteiger partial charge in [-0.05, 0) is 38.7 Å². The van der Waals surface area contributed by atoms with E-state index >= 15 is 0 Å². The summed E-state index contributed by atoms with van der Waals surface area (Å²) in [7, 11) is -0.321. The molecule has 25 heavy (non-hydrogen) atoms. The monoisotopic (exact) mass is 345 g/mol. The maximum atomic E-state index is 11.2. The minimum Gasteiger partial charge on any atom is -0.399 e. The number of hydrogen-bond acceptors (Lipinski definition) is 4. The number of primary amides is 1. The number of carbonyl (C=O) groups excluding carboxylic acids is 1. The molecule has 7 heteroatoms. The van der Waals surface area contributed by atoms with Gasteiger partial charge in [0.2, 0.25) is 0 Å². The van der Waals surface area contributed by atoms with Crippen LogP contribution in [-0.2, 0) is 15.9 Å². The molecule has 2 aliphatic heterocycles. The normalized spacial score (nSPS) is 23.0. The second-order valence-electron chi connectivity index (χ2n) is 7.93. The fourth-order valence-electron chi connectivity index (χ4n) is 3.14. The summed E-state index contributed by atoms with van der Waals surface area (Å²) >= 11 is 0. The van der Waals surface area contributed by atoms with Crippen LogP contribution in [-0.4, -0.2) is 60.3 Å². The van der Waals surface area contributed by atoms with Gasteiger partial charge in [-0.2, -0.15) is 0 Å². The van der Waals surface area contributed by atoms with Crippen LogP contribution in [0.5, 0.6) is 0 Å². The number of nitrogens with two attached hydrogens (primary N) is 1. The lowest BCUT2D eigenvalue weighted by molar-refractivity contribution is 0.00578. The summed E-state index contributed by atoms with van der Waals surface area (Å²) in [4.78, 5) is 15.2. The van der Waals surface area contributed by atoms with Gasteiger partial charge in [0.15, 0.2) is 0 Å². The van der Waals surface area contributed by atoms with E-state index in [9.17, 15) is 4.79 Å². The van der Waals surface area contributed by atoms with Gasteiger partial charge in [0.1, 0.15) is 0 Å².